The van der Waals surface area contributed by atoms with Crippen LogP contribution in [0.1, 0.15) is 33.1 Å². The quantitative estimate of drug-likeness (QED) is 0.490. The predicted molar refractivity (Wildman–Crippen MR) is 52.6 cm³/mol. The fourth-order valence-electron chi connectivity index (χ4n) is 2.66. The fourth-order valence-corrected chi connectivity index (χ4v) is 4.71. The van der Waals surface area contributed by atoms with Crippen LogP contribution in [0, 0.1) is 17.8 Å². The van der Waals surface area contributed by atoms with Crippen LogP contribution in [0.4, 0.5) is 0 Å². The van der Waals surface area contributed by atoms with E-state index in [1.165, 1.54) is 21.4 Å². The van der Waals surface area contributed by atoms with E-state index in [1.54, 1.807) is 12.6 Å². The van der Waals surface area contributed by atoms with Crippen LogP contribution in [0.5, 0.6) is 0 Å². The second kappa shape index (κ2) is 3.05. The van der Waals surface area contributed by atoms with Crippen molar-refractivity contribution in [2.45, 2.75) is 38.8 Å². The van der Waals surface area contributed by atoms with Crippen LogP contribution in [0.25, 0.3) is 0 Å². The normalized spacial score (nSPS) is 52.9. The molecule has 1 saturated heterocycles. The van der Waals surface area contributed by atoms with Crippen LogP contribution in [0.15, 0.2) is 0 Å². The van der Waals surface area contributed by atoms with E-state index in [9.17, 15) is 0 Å². The summed E-state index contributed by atoms with van der Waals surface area (Å²) < 4.78 is 0. The highest BCUT2D eigenvalue weighted by Gasteiger charge is 2.34. The molecule has 0 aromatic carbocycles. The smallest absolute Gasteiger partial charge is 0.0208 e. The maximum absolute atomic E-state index is 2.46. The van der Waals surface area contributed by atoms with Gasteiger partial charge in [-0.2, -0.15) is 0 Å². The molecule has 5 atom stereocenters. The first-order valence-electron chi connectivity index (χ1n) is 5.00. The van der Waals surface area contributed by atoms with Crippen LogP contribution in [-0.2, 0) is 0 Å². The fraction of sp³-hybridized carbons (Fsp3) is 1.00. The van der Waals surface area contributed by atoms with Gasteiger partial charge in [-0.1, -0.05) is 13.8 Å². The minimum atomic E-state index is 1.05. The first-order valence-corrected chi connectivity index (χ1v) is 6.29. The van der Waals surface area contributed by atoms with Crippen molar-refractivity contribution in [3.63, 3.8) is 0 Å². The summed E-state index contributed by atoms with van der Waals surface area (Å²) in [6.45, 7) is 4.92. The molecule has 1 heterocycles. The van der Waals surface area contributed by atoms with E-state index in [0.29, 0.717) is 0 Å². The molecule has 1 aliphatic carbocycles. The highest BCUT2D eigenvalue weighted by atomic mass is 31.1. The van der Waals surface area contributed by atoms with Crippen molar-refractivity contribution < 1.29 is 0 Å². The van der Waals surface area contributed by atoms with Crippen molar-refractivity contribution >= 4 is 8.58 Å². The van der Waals surface area contributed by atoms with Gasteiger partial charge in [-0.3, -0.25) is 0 Å². The molecular formula is C10H19P. The largest absolute Gasteiger partial charge is 0.118 e. The van der Waals surface area contributed by atoms with Gasteiger partial charge in [0.2, 0.25) is 0 Å². The Hall–Kier alpha value is 0.430. The highest BCUT2D eigenvalue weighted by molar-refractivity contribution is 7.39. The average molecular weight is 170 g/mol. The van der Waals surface area contributed by atoms with Crippen molar-refractivity contribution in [3.8, 4) is 0 Å². The SMILES string of the molecule is C[C@@H]1CC[C@H]2C[C@@H]1PC[C@@H]2C. The van der Waals surface area contributed by atoms with Crippen molar-refractivity contribution in [2.24, 2.45) is 17.8 Å². The molecule has 0 spiro atoms. The molecule has 1 unspecified atom stereocenters. The first-order chi connectivity index (χ1) is 5.27. The topological polar surface area (TPSA) is 0 Å². The zero-order valence-corrected chi connectivity index (χ0v) is 8.64. The molecule has 1 saturated carbocycles. The standard InChI is InChI=1S/C10H19P/c1-7-3-4-9-5-10(7)11-6-8(9)2/h7-11H,3-6H2,1-2H3/t7-,8+,9+,10+/m1/s1. The number of rotatable bonds is 0. The van der Waals surface area contributed by atoms with E-state index < -0.39 is 0 Å². The first kappa shape index (κ1) is 8.05. The Morgan fingerprint density at radius 1 is 1.09 bits per heavy atom. The summed E-state index contributed by atoms with van der Waals surface area (Å²) in [5.41, 5.74) is 1.13. The van der Waals surface area contributed by atoms with Crippen LogP contribution < -0.4 is 0 Å². The molecule has 1 aliphatic heterocycles. The maximum Gasteiger partial charge on any atom is -0.0208 e. The average Bonchev–Trinajstić information content (AvgIpc) is 2.02. The third-order valence-electron chi connectivity index (χ3n) is 3.74. The summed E-state index contributed by atoms with van der Waals surface area (Å²) in [5.74, 6) is 3.21. The van der Waals surface area contributed by atoms with Crippen molar-refractivity contribution in [2.75, 3.05) is 6.16 Å². The van der Waals surface area contributed by atoms with E-state index >= 15 is 0 Å². The molecule has 0 aromatic heterocycles. The summed E-state index contributed by atoms with van der Waals surface area (Å²) in [5, 5.41) is 0. The molecule has 2 rings (SSSR count). The van der Waals surface area contributed by atoms with E-state index in [-0.39, 0.29) is 0 Å². The van der Waals surface area contributed by atoms with Crippen LogP contribution in [0.2, 0.25) is 0 Å². The second-order valence-corrected chi connectivity index (χ2v) is 6.10. The van der Waals surface area contributed by atoms with Gasteiger partial charge in [0.05, 0.1) is 0 Å². The Balaban J connectivity index is 2.02. The molecule has 0 amide bonds. The summed E-state index contributed by atoms with van der Waals surface area (Å²) in [6, 6.07) is 0. The van der Waals surface area contributed by atoms with E-state index in [2.05, 4.69) is 13.8 Å². The minimum Gasteiger partial charge on any atom is -0.118 e. The van der Waals surface area contributed by atoms with Gasteiger partial charge >= 0.3 is 0 Å². The van der Waals surface area contributed by atoms with Crippen LogP contribution in [0.3, 0.4) is 0 Å². The van der Waals surface area contributed by atoms with Crippen LogP contribution >= 0.6 is 8.58 Å². The molecule has 64 valence electrons. The van der Waals surface area contributed by atoms with Gasteiger partial charge < -0.3 is 0 Å². The lowest BCUT2D eigenvalue weighted by atomic mass is 9.77. The monoisotopic (exact) mass is 170 g/mol. The summed E-state index contributed by atoms with van der Waals surface area (Å²) >= 11 is 0. The molecule has 0 radical (unpaired) electrons. The molecule has 0 N–H and O–H groups in total. The lowest BCUT2D eigenvalue weighted by molar-refractivity contribution is 0.229. The highest BCUT2D eigenvalue weighted by Crippen LogP contribution is 2.48. The molecule has 2 bridgehead atoms. The lowest BCUT2D eigenvalue weighted by Crippen LogP contribution is -2.33. The Morgan fingerprint density at radius 3 is 2.73 bits per heavy atom. The Labute approximate surface area is 71.9 Å². The van der Waals surface area contributed by atoms with E-state index in [1.807, 2.05) is 0 Å². The van der Waals surface area contributed by atoms with Crippen LogP contribution in [-0.4, -0.2) is 11.8 Å². The predicted octanol–water partition coefficient (Wildman–Crippen LogP) is 3.12. The number of fused-ring (bicyclic) bond motifs is 2. The summed E-state index contributed by atoms with van der Waals surface area (Å²) in [4.78, 5) is 0. The zero-order chi connectivity index (χ0) is 7.84. The Morgan fingerprint density at radius 2 is 1.91 bits per heavy atom. The molecule has 2 fully saturated rings. The van der Waals surface area contributed by atoms with E-state index in [0.717, 1.165) is 23.4 Å². The maximum atomic E-state index is 2.46. The van der Waals surface area contributed by atoms with Crippen molar-refractivity contribution in [1.29, 1.82) is 0 Å². The number of hydrogen-bond donors (Lipinski definition) is 0. The second-order valence-electron chi connectivity index (χ2n) is 4.54. The molecule has 11 heavy (non-hydrogen) atoms. The summed E-state index contributed by atoms with van der Waals surface area (Å²) in [6.07, 6.45) is 6.16. The third-order valence-corrected chi connectivity index (χ3v) is 5.95. The van der Waals surface area contributed by atoms with E-state index in [4.69, 9.17) is 0 Å². The Bertz CT molecular complexity index is 128. The summed E-state index contributed by atoms with van der Waals surface area (Å²) in [7, 11) is 1.29. The minimum absolute atomic E-state index is 1.05. The number of hydrogen-bond acceptors (Lipinski definition) is 0. The molecule has 2 aliphatic rings. The molecule has 0 aromatic rings. The van der Waals surface area contributed by atoms with Gasteiger partial charge in [0.1, 0.15) is 0 Å². The zero-order valence-electron chi connectivity index (χ0n) is 7.64. The Kier molecular flexibility index (Phi) is 2.23. The van der Waals surface area contributed by atoms with Gasteiger partial charge in [-0.15, -0.1) is 8.58 Å². The van der Waals surface area contributed by atoms with Crippen molar-refractivity contribution in [3.05, 3.63) is 0 Å². The molecule has 1 heteroatoms. The van der Waals surface area contributed by atoms with Gasteiger partial charge in [0, 0.05) is 0 Å². The van der Waals surface area contributed by atoms with Crippen molar-refractivity contribution in [1.82, 2.24) is 0 Å². The molecular weight excluding hydrogens is 151 g/mol. The van der Waals surface area contributed by atoms with Gasteiger partial charge in [-0.25, -0.2) is 0 Å². The van der Waals surface area contributed by atoms with Gasteiger partial charge in [0.15, 0.2) is 0 Å². The van der Waals surface area contributed by atoms with Gasteiger partial charge in [-0.05, 0) is 48.8 Å². The molecule has 0 nitrogen and oxygen atoms in total. The third kappa shape index (κ3) is 1.47. The lowest BCUT2D eigenvalue weighted by Gasteiger charge is -2.42. The van der Waals surface area contributed by atoms with Gasteiger partial charge in [0.25, 0.3) is 0 Å².